The zero-order valence-electron chi connectivity index (χ0n) is 29.5. The molecule has 3 rings (SSSR count). The third-order valence-electron chi connectivity index (χ3n) is 9.07. The van der Waals surface area contributed by atoms with E-state index in [2.05, 4.69) is 43.1 Å². The Kier molecular flexibility index (Phi) is 14.7. The number of rotatable bonds is 18. The van der Waals surface area contributed by atoms with Crippen LogP contribution < -0.4 is 20.5 Å². The molecule has 2 aromatic rings. The van der Waals surface area contributed by atoms with Crippen LogP contribution in [0, 0.1) is 5.41 Å². The number of amides is 2. The van der Waals surface area contributed by atoms with Crippen LogP contribution in [0.1, 0.15) is 86.2 Å². The van der Waals surface area contributed by atoms with Gasteiger partial charge in [0.2, 0.25) is 0 Å². The van der Waals surface area contributed by atoms with E-state index in [0.717, 1.165) is 49.8 Å². The Labute approximate surface area is 281 Å². The fourth-order valence-corrected chi connectivity index (χ4v) is 6.24. The molecule has 0 heterocycles. The number of anilines is 1. The Morgan fingerprint density at radius 2 is 1.57 bits per heavy atom. The van der Waals surface area contributed by atoms with Gasteiger partial charge in [0.05, 0.1) is 25.5 Å². The molecule has 1 saturated carbocycles. The Morgan fingerprint density at radius 1 is 0.957 bits per heavy atom. The van der Waals surface area contributed by atoms with Gasteiger partial charge in [-0.2, -0.15) is 0 Å². The maximum atomic E-state index is 13.5. The molecule has 10 nitrogen and oxygen atoms in total. The maximum absolute atomic E-state index is 13.5. The smallest absolute Gasteiger partial charge is 0.266 e. The third-order valence-corrected chi connectivity index (χ3v) is 9.07. The summed E-state index contributed by atoms with van der Waals surface area (Å²) in [5.41, 5.74) is 8.23. The average Bonchev–Trinajstić information content (AvgIpc) is 3.07. The lowest BCUT2D eigenvalue weighted by molar-refractivity contribution is -0.111. The Bertz CT molecular complexity index is 1360. The molecule has 0 unspecified atom stereocenters. The highest BCUT2D eigenvalue weighted by atomic mass is 16.5. The minimum atomic E-state index is -0.861. The topological polar surface area (TPSA) is 124 Å². The number of methoxy groups -OCH3 is 2. The SMILES string of the molecule is COc1cccc(OC)c1/C(=C/C(=N)C(N)=O)Nc1ccc(C(=O)N(C)CCCN(C)CCCN(C)C2CCCCC2)cc1C(C)C. The van der Waals surface area contributed by atoms with Gasteiger partial charge in [0, 0.05) is 30.9 Å². The molecular weight excluding hydrogens is 592 g/mol. The molecule has 1 fully saturated rings. The summed E-state index contributed by atoms with van der Waals surface area (Å²) >= 11 is 0. The number of hydrogen-bond acceptors (Lipinski definition) is 8. The van der Waals surface area contributed by atoms with Crippen LogP contribution in [0.15, 0.2) is 42.5 Å². The standard InChI is InChI=1S/C37H56N6O4/c1-26(2)29-24-27(37(45)43(5)23-13-21-41(3)20-12-22-42(4)28-14-9-8-10-15-28)18-19-31(29)40-32(25-30(38)36(39)44)35-33(46-6)16-11-17-34(35)47-7/h11,16-19,24-26,28,38,40H,8-10,12-15,20-23H2,1-7H3,(H2,39,44)/b32-25-,38-30?. The van der Waals surface area contributed by atoms with Gasteiger partial charge in [0.25, 0.3) is 11.8 Å². The van der Waals surface area contributed by atoms with E-state index in [0.29, 0.717) is 34.9 Å². The summed E-state index contributed by atoms with van der Waals surface area (Å²) in [5.74, 6) is 0.167. The fraction of sp³-hybridized carbons (Fsp3) is 0.541. The molecule has 2 aromatic carbocycles. The van der Waals surface area contributed by atoms with Gasteiger partial charge < -0.3 is 35.2 Å². The maximum Gasteiger partial charge on any atom is 0.266 e. The number of carbonyl (C=O) groups excluding carboxylic acids is 2. The predicted molar refractivity (Wildman–Crippen MR) is 192 cm³/mol. The summed E-state index contributed by atoms with van der Waals surface area (Å²) < 4.78 is 11.2. The summed E-state index contributed by atoms with van der Waals surface area (Å²) in [6.45, 7) is 7.90. The second-order valence-electron chi connectivity index (χ2n) is 13.0. The van der Waals surface area contributed by atoms with Gasteiger partial charge in [-0.05, 0) is 107 Å². The highest BCUT2D eigenvalue weighted by Gasteiger charge is 2.21. The van der Waals surface area contributed by atoms with E-state index in [-0.39, 0.29) is 17.5 Å². The van der Waals surface area contributed by atoms with Gasteiger partial charge in [-0.1, -0.05) is 39.2 Å². The Morgan fingerprint density at radius 3 is 2.15 bits per heavy atom. The highest BCUT2D eigenvalue weighted by molar-refractivity contribution is 6.42. The second kappa shape index (κ2) is 18.4. The minimum Gasteiger partial charge on any atom is -0.496 e. The first kappa shape index (κ1) is 37.6. The lowest BCUT2D eigenvalue weighted by atomic mass is 9.94. The summed E-state index contributed by atoms with van der Waals surface area (Å²) in [7, 11) is 9.38. The van der Waals surface area contributed by atoms with E-state index in [9.17, 15) is 9.59 Å². The molecule has 1 aliphatic carbocycles. The number of carbonyl (C=O) groups is 2. The summed E-state index contributed by atoms with van der Waals surface area (Å²) in [6.07, 6.45) is 10.2. The van der Waals surface area contributed by atoms with Gasteiger partial charge in [0.15, 0.2) is 0 Å². The van der Waals surface area contributed by atoms with Crippen molar-refractivity contribution in [1.29, 1.82) is 5.41 Å². The molecule has 10 heteroatoms. The van der Waals surface area contributed by atoms with Crippen molar-refractivity contribution in [2.75, 3.05) is 66.9 Å². The minimum absolute atomic E-state index is 0.0344. The van der Waals surface area contributed by atoms with Gasteiger partial charge in [-0.15, -0.1) is 0 Å². The summed E-state index contributed by atoms with van der Waals surface area (Å²) in [5, 5.41) is 11.5. The number of primary amides is 1. The van der Waals surface area contributed by atoms with Crippen LogP contribution in [0.5, 0.6) is 11.5 Å². The second-order valence-corrected chi connectivity index (χ2v) is 13.0. The van der Waals surface area contributed by atoms with Crippen molar-refractivity contribution in [3.63, 3.8) is 0 Å². The van der Waals surface area contributed by atoms with Crippen LogP contribution in [-0.2, 0) is 4.79 Å². The van der Waals surface area contributed by atoms with Gasteiger partial charge in [-0.25, -0.2) is 0 Å². The number of nitrogens with two attached hydrogens (primary N) is 1. The average molecular weight is 649 g/mol. The number of nitrogens with one attached hydrogen (secondary N) is 2. The van der Waals surface area contributed by atoms with Crippen molar-refractivity contribution < 1.29 is 19.1 Å². The molecule has 0 bridgehead atoms. The van der Waals surface area contributed by atoms with Crippen LogP contribution in [0.3, 0.4) is 0 Å². The molecule has 2 amide bonds. The van der Waals surface area contributed by atoms with Crippen molar-refractivity contribution in [1.82, 2.24) is 14.7 Å². The van der Waals surface area contributed by atoms with E-state index in [4.69, 9.17) is 20.6 Å². The normalized spacial score (nSPS) is 14.0. The highest BCUT2D eigenvalue weighted by Crippen LogP contribution is 2.37. The first-order valence-corrected chi connectivity index (χ1v) is 16.8. The number of nitrogens with zero attached hydrogens (tertiary/aromatic N) is 3. The fourth-order valence-electron chi connectivity index (χ4n) is 6.24. The molecular formula is C37H56N6O4. The largest absolute Gasteiger partial charge is 0.496 e. The van der Waals surface area contributed by atoms with E-state index in [1.165, 1.54) is 38.2 Å². The molecule has 0 spiro atoms. The van der Waals surface area contributed by atoms with E-state index < -0.39 is 5.91 Å². The molecule has 258 valence electrons. The summed E-state index contributed by atoms with van der Waals surface area (Å²) in [4.78, 5) is 32.0. The molecule has 0 atom stereocenters. The number of ether oxygens (including phenoxy) is 2. The molecule has 47 heavy (non-hydrogen) atoms. The lowest BCUT2D eigenvalue weighted by Crippen LogP contribution is -2.35. The van der Waals surface area contributed by atoms with E-state index >= 15 is 0 Å². The van der Waals surface area contributed by atoms with Gasteiger partial charge in [0.1, 0.15) is 17.2 Å². The monoisotopic (exact) mass is 648 g/mol. The molecule has 1 aliphatic rings. The molecule has 0 aromatic heterocycles. The van der Waals surface area contributed by atoms with E-state index in [1.54, 1.807) is 43.4 Å². The van der Waals surface area contributed by atoms with Crippen LogP contribution >= 0.6 is 0 Å². The predicted octanol–water partition coefficient (Wildman–Crippen LogP) is 5.83. The van der Waals surface area contributed by atoms with Gasteiger partial charge in [-0.3, -0.25) is 15.0 Å². The number of hydrogen-bond donors (Lipinski definition) is 3. The van der Waals surface area contributed by atoms with Crippen LogP contribution in [0.4, 0.5) is 5.69 Å². The van der Waals surface area contributed by atoms with Crippen molar-refractivity contribution in [3.8, 4) is 11.5 Å². The van der Waals surface area contributed by atoms with Crippen molar-refractivity contribution in [3.05, 3.63) is 59.2 Å². The van der Waals surface area contributed by atoms with Gasteiger partial charge >= 0.3 is 0 Å². The Hall–Kier alpha value is -3.89. The molecule has 0 aliphatic heterocycles. The third kappa shape index (κ3) is 10.8. The first-order valence-electron chi connectivity index (χ1n) is 16.8. The number of benzene rings is 2. The zero-order valence-corrected chi connectivity index (χ0v) is 29.5. The van der Waals surface area contributed by atoms with Crippen LogP contribution in [-0.4, -0.2) is 99.8 Å². The van der Waals surface area contributed by atoms with Crippen molar-refractivity contribution in [2.45, 2.75) is 70.8 Å². The van der Waals surface area contributed by atoms with Crippen LogP contribution in [0.2, 0.25) is 0 Å². The van der Waals surface area contributed by atoms with Crippen molar-refractivity contribution >= 4 is 28.9 Å². The molecule has 0 saturated heterocycles. The lowest BCUT2D eigenvalue weighted by Gasteiger charge is -2.31. The Balaban J connectivity index is 1.67. The first-order chi connectivity index (χ1) is 22.5. The molecule has 4 N–H and O–H groups in total. The molecule has 0 radical (unpaired) electrons. The van der Waals surface area contributed by atoms with Crippen molar-refractivity contribution in [2.24, 2.45) is 5.73 Å². The quantitative estimate of drug-likeness (QED) is 0.174. The van der Waals surface area contributed by atoms with E-state index in [1.807, 2.05) is 19.2 Å². The zero-order chi connectivity index (χ0) is 34.5. The summed E-state index contributed by atoms with van der Waals surface area (Å²) in [6, 6.07) is 11.7. The van der Waals surface area contributed by atoms with Crippen LogP contribution in [0.25, 0.3) is 5.70 Å².